The summed E-state index contributed by atoms with van der Waals surface area (Å²) in [6.07, 6.45) is 0.633. The van der Waals surface area contributed by atoms with E-state index in [1.165, 1.54) is 11.3 Å². The van der Waals surface area contributed by atoms with Gasteiger partial charge in [-0.2, -0.15) is 0 Å². The molecule has 1 aromatic carbocycles. The lowest BCUT2D eigenvalue weighted by Gasteiger charge is -2.26. The van der Waals surface area contributed by atoms with Crippen LogP contribution >= 0.6 is 22.9 Å². The van der Waals surface area contributed by atoms with E-state index in [0.717, 1.165) is 10.4 Å². The monoisotopic (exact) mass is 252 g/mol. The van der Waals surface area contributed by atoms with E-state index >= 15 is 0 Å². The van der Waals surface area contributed by atoms with E-state index < -0.39 is 5.60 Å². The van der Waals surface area contributed by atoms with Crippen LogP contribution in [0.25, 0.3) is 0 Å². The first-order valence-electron chi connectivity index (χ1n) is 5.20. The number of thiophene rings is 1. The zero-order valence-electron chi connectivity index (χ0n) is 8.98. The molecule has 1 N–H and O–H groups in total. The smallest absolute Gasteiger partial charge is 0.123 e. The van der Waals surface area contributed by atoms with Crippen molar-refractivity contribution >= 4 is 22.9 Å². The molecule has 1 atom stereocenters. The van der Waals surface area contributed by atoms with Gasteiger partial charge in [-0.15, -0.1) is 11.3 Å². The highest BCUT2D eigenvalue weighted by molar-refractivity contribution is 7.16. The van der Waals surface area contributed by atoms with Crippen LogP contribution in [0.4, 0.5) is 0 Å². The minimum atomic E-state index is -0.918. The Balaban J connectivity index is 2.48. The summed E-state index contributed by atoms with van der Waals surface area (Å²) in [6, 6.07) is 13.4. The predicted molar refractivity (Wildman–Crippen MR) is 69.1 cm³/mol. The molecule has 84 valence electrons. The Morgan fingerprint density at radius 1 is 1.19 bits per heavy atom. The first kappa shape index (κ1) is 11.6. The first-order valence-corrected chi connectivity index (χ1v) is 6.40. The van der Waals surface area contributed by atoms with Gasteiger partial charge >= 0.3 is 0 Å². The molecule has 0 aliphatic carbocycles. The molecule has 0 saturated carbocycles. The third-order valence-electron chi connectivity index (χ3n) is 2.74. The van der Waals surface area contributed by atoms with Crippen molar-refractivity contribution in [1.82, 2.24) is 0 Å². The van der Waals surface area contributed by atoms with E-state index in [0.29, 0.717) is 10.8 Å². The minimum absolute atomic E-state index is 0.633. The van der Waals surface area contributed by atoms with E-state index in [9.17, 15) is 5.11 Å². The number of hydrogen-bond acceptors (Lipinski definition) is 2. The second kappa shape index (κ2) is 4.58. The molecule has 0 fully saturated rings. The number of aliphatic hydroxyl groups is 1. The lowest BCUT2D eigenvalue weighted by Crippen LogP contribution is -2.24. The molecule has 1 heterocycles. The number of benzene rings is 1. The lowest BCUT2D eigenvalue weighted by atomic mass is 9.90. The van der Waals surface area contributed by atoms with Gasteiger partial charge in [-0.3, -0.25) is 0 Å². The Kier molecular flexibility index (Phi) is 3.33. The van der Waals surface area contributed by atoms with Gasteiger partial charge in [0.05, 0.1) is 4.34 Å². The third-order valence-corrected chi connectivity index (χ3v) is 4.13. The molecule has 0 bridgehead atoms. The summed E-state index contributed by atoms with van der Waals surface area (Å²) >= 11 is 7.35. The fraction of sp³-hybridized carbons (Fsp3) is 0.231. The molecule has 0 saturated heterocycles. The molecule has 0 aliphatic rings. The van der Waals surface area contributed by atoms with E-state index in [1.54, 1.807) is 0 Å². The Labute approximate surface area is 104 Å². The summed E-state index contributed by atoms with van der Waals surface area (Å²) in [5.41, 5.74) is -0.00461. The lowest BCUT2D eigenvalue weighted by molar-refractivity contribution is 0.0804. The maximum atomic E-state index is 10.7. The van der Waals surface area contributed by atoms with Crippen LogP contribution in [-0.2, 0) is 5.60 Å². The fourth-order valence-corrected chi connectivity index (χ4v) is 3.00. The average molecular weight is 253 g/mol. The zero-order valence-corrected chi connectivity index (χ0v) is 10.6. The molecule has 0 radical (unpaired) electrons. The van der Waals surface area contributed by atoms with Crippen LogP contribution in [0, 0.1) is 0 Å². The highest BCUT2D eigenvalue weighted by Crippen LogP contribution is 2.38. The average Bonchev–Trinajstić information content (AvgIpc) is 2.76. The summed E-state index contributed by atoms with van der Waals surface area (Å²) < 4.78 is 0.706. The Morgan fingerprint density at radius 3 is 2.38 bits per heavy atom. The summed E-state index contributed by atoms with van der Waals surface area (Å²) in [5.74, 6) is 0. The van der Waals surface area contributed by atoms with Crippen LogP contribution in [0.1, 0.15) is 23.8 Å². The topological polar surface area (TPSA) is 20.2 Å². The summed E-state index contributed by atoms with van der Waals surface area (Å²) in [4.78, 5) is 0.895. The molecule has 0 spiro atoms. The molecule has 0 amide bonds. The second-order valence-corrected chi connectivity index (χ2v) is 5.40. The number of hydrogen-bond donors (Lipinski definition) is 1. The van der Waals surface area contributed by atoms with Crippen molar-refractivity contribution in [3.05, 3.63) is 57.2 Å². The fourth-order valence-electron chi connectivity index (χ4n) is 1.77. The van der Waals surface area contributed by atoms with Gasteiger partial charge in [-0.05, 0) is 24.1 Å². The number of halogens is 1. The molecule has 2 aromatic rings. The summed E-state index contributed by atoms with van der Waals surface area (Å²) in [7, 11) is 0. The molecule has 1 unspecified atom stereocenters. The highest BCUT2D eigenvalue weighted by atomic mass is 35.5. The van der Waals surface area contributed by atoms with Crippen molar-refractivity contribution in [3.8, 4) is 0 Å². The molecular formula is C13H13ClOS. The summed E-state index contributed by atoms with van der Waals surface area (Å²) in [5, 5.41) is 10.7. The number of rotatable bonds is 3. The van der Waals surface area contributed by atoms with Gasteiger partial charge in [-0.1, -0.05) is 48.9 Å². The van der Waals surface area contributed by atoms with E-state index in [1.807, 2.05) is 49.4 Å². The van der Waals surface area contributed by atoms with Crippen molar-refractivity contribution in [2.45, 2.75) is 18.9 Å². The SMILES string of the molecule is CCC(O)(c1ccccc1)c1ccc(Cl)s1. The minimum Gasteiger partial charge on any atom is -0.380 e. The van der Waals surface area contributed by atoms with Gasteiger partial charge in [0, 0.05) is 4.88 Å². The molecule has 1 aromatic heterocycles. The van der Waals surface area contributed by atoms with Crippen LogP contribution in [0.15, 0.2) is 42.5 Å². The van der Waals surface area contributed by atoms with Crippen molar-refractivity contribution in [3.63, 3.8) is 0 Å². The maximum absolute atomic E-state index is 10.7. The van der Waals surface area contributed by atoms with E-state index in [2.05, 4.69) is 0 Å². The van der Waals surface area contributed by atoms with Gasteiger partial charge in [0.2, 0.25) is 0 Å². The maximum Gasteiger partial charge on any atom is 0.123 e. The van der Waals surface area contributed by atoms with Crippen LogP contribution in [0.5, 0.6) is 0 Å². The van der Waals surface area contributed by atoms with Gasteiger partial charge in [-0.25, -0.2) is 0 Å². The normalized spacial score (nSPS) is 14.7. The second-order valence-electron chi connectivity index (χ2n) is 3.68. The quantitative estimate of drug-likeness (QED) is 0.874. The molecule has 0 aliphatic heterocycles. The molecular weight excluding hydrogens is 240 g/mol. The van der Waals surface area contributed by atoms with Gasteiger partial charge < -0.3 is 5.11 Å². The largest absolute Gasteiger partial charge is 0.380 e. The Hall–Kier alpha value is -0.830. The zero-order chi connectivity index (χ0) is 11.6. The highest BCUT2D eigenvalue weighted by Gasteiger charge is 2.30. The molecule has 3 heteroatoms. The molecule has 1 nitrogen and oxygen atoms in total. The van der Waals surface area contributed by atoms with Gasteiger partial charge in [0.1, 0.15) is 5.60 Å². The third kappa shape index (κ3) is 2.01. The van der Waals surface area contributed by atoms with Crippen molar-refractivity contribution < 1.29 is 5.11 Å². The van der Waals surface area contributed by atoms with Gasteiger partial charge in [0.25, 0.3) is 0 Å². The van der Waals surface area contributed by atoms with E-state index in [-0.39, 0.29) is 0 Å². The van der Waals surface area contributed by atoms with E-state index in [4.69, 9.17) is 11.6 Å². The first-order chi connectivity index (χ1) is 7.66. The van der Waals surface area contributed by atoms with Crippen LogP contribution in [0.2, 0.25) is 4.34 Å². The van der Waals surface area contributed by atoms with Crippen molar-refractivity contribution in [1.29, 1.82) is 0 Å². The van der Waals surface area contributed by atoms with Crippen LogP contribution in [0.3, 0.4) is 0 Å². The Bertz CT molecular complexity index is 466. The van der Waals surface area contributed by atoms with Crippen molar-refractivity contribution in [2.75, 3.05) is 0 Å². The van der Waals surface area contributed by atoms with Crippen LogP contribution in [-0.4, -0.2) is 5.11 Å². The molecule has 2 rings (SSSR count). The van der Waals surface area contributed by atoms with Crippen molar-refractivity contribution in [2.24, 2.45) is 0 Å². The Morgan fingerprint density at radius 2 is 1.88 bits per heavy atom. The predicted octanol–water partition coefficient (Wildman–Crippen LogP) is 4.05. The summed E-state index contributed by atoms with van der Waals surface area (Å²) in [6.45, 7) is 1.97. The van der Waals surface area contributed by atoms with Gasteiger partial charge in [0.15, 0.2) is 0 Å². The van der Waals surface area contributed by atoms with Crippen LogP contribution < -0.4 is 0 Å². The standard InChI is InChI=1S/C13H13ClOS/c1-2-13(15,10-6-4-3-5-7-10)11-8-9-12(14)16-11/h3-9,15H,2H2,1H3. The molecule has 16 heavy (non-hydrogen) atoms.